The third kappa shape index (κ3) is 9.87. The van der Waals surface area contributed by atoms with Gasteiger partial charge in [0.15, 0.2) is 11.6 Å². The highest BCUT2D eigenvalue weighted by atomic mass is 35.5. The molecule has 6 N–H and O–H groups in total. The van der Waals surface area contributed by atoms with Gasteiger partial charge in [0, 0.05) is 49.9 Å². The number of hydrogen-bond acceptors (Lipinski definition) is 7. The standard InChI is InChI=1S/C24H28ClF5N5O6P/c25-15-2-4-17(19(11-15)35-9-7-34(8-10-35)6-5-24(28,29)30)33-23(37)16-3-1-14(20(26)21(16)27)12-32-18(22(31)36)13-41-42(38,39)40/h1-4,11,18,32H,5-10,12-13H2,(H2,31,36)(H,33,37)(H2,38,39,40). The summed E-state index contributed by atoms with van der Waals surface area (Å²) in [7, 11) is -4.92. The Kier molecular flexibility index (Phi) is 11.3. The van der Waals surface area contributed by atoms with Crippen molar-refractivity contribution in [3.8, 4) is 0 Å². The zero-order chi connectivity index (χ0) is 31.2. The van der Waals surface area contributed by atoms with Crippen molar-refractivity contribution < 1.29 is 50.4 Å². The number of benzene rings is 2. The number of rotatable bonds is 12. The van der Waals surface area contributed by atoms with E-state index < -0.39 is 68.6 Å². The summed E-state index contributed by atoms with van der Waals surface area (Å²) in [6.45, 7) is -0.165. The van der Waals surface area contributed by atoms with Crippen molar-refractivity contribution in [2.45, 2.75) is 25.2 Å². The van der Waals surface area contributed by atoms with Crippen LogP contribution in [0.25, 0.3) is 0 Å². The van der Waals surface area contributed by atoms with Gasteiger partial charge >= 0.3 is 14.0 Å². The zero-order valence-corrected chi connectivity index (χ0v) is 23.5. The minimum absolute atomic E-state index is 0.142. The van der Waals surface area contributed by atoms with Crippen molar-refractivity contribution in [3.63, 3.8) is 0 Å². The molecule has 0 spiro atoms. The van der Waals surface area contributed by atoms with Crippen LogP contribution < -0.4 is 21.3 Å². The van der Waals surface area contributed by atoms with Gasteiger partial charge in [0.05, 0.1) is 30.0 Å². The van der Waals surface area contributed by atoms with Crippen molar-refractivity contribution in [1.82, 2.24) is 10.2 Å². The van der Waals surface area contributed by atoms with E-state index >= 15 is 0 Å². The van der Waals surface area contributed by atoms with Crippen LogP contribution in [0.4, 0.5) is 33.3 Å². The molecule has 42 heavy (non-hydrogen) atoms. The molecule has 0 aromatic heterocycles. The Hall–Kier alpha value is -2.85. The van der Waals surface area contributed by atoms with Crippen molar-refractivity contribution in [2.75, 3.05) is 49.5 Å². The van der Waals surface area contributed by atoms with Crippen LogP contribution in [0, 0.1) is 11.6 Å². The molecule has 18 heteroatoms. The first-order valence-electron chi connectivity index (χ1n) is 12.4. The van der Waals surface area contributed by atoms with Crippen LogP contribution in [0.3, 0.4) is 0 Å². The lowest BCUT2D eigenvalue weighted by Gasteiger charge is -2.37. The van der Waals surface area contributed by atoms with Crippen LogP contribution in [-0.4, -0.2) is 78.0 Å². The molecule has 1 atom stereocenters. The second-order valence-corrected chi connectivity index (χ2v) is 11.0. The van der Waals surface area contributed by atoms with E-state index in [1.165, 1.54) is 12.1 Å². The molecule has 2 aromatic carbocycles. The molecule has 1 saturated heterocycles. The van der Waals surface area contributed by atoms with Crippen molar-refractivity contribution in [3.05, 3.63) is 58.1 Å². The van der Waals surface area contributed by atoms with Gasteiger partial charge in [-0.1, -0.05) is 17.7 Å². The quantitative estimate of drug-likeness (QED) is 0.173. The lowest BCUT2D eigenvalue weighted by Crippen LogP contribution is -2.47. The first-order chi connectivity index (χ1) is 19.5. The highest BCUT2D eigenvalue weighted by Crippen LogP contribution is 2.35. The number of hydrogen-bond donors (Lipinski definition) is 5. The first-order valence-corrected chi connectivity index (χ1v) is 14.3. The zero-order valence-electron chi connectivity index (χ0n) is 21.8. The Bertz CT molecular complexity index is 1340. The summed E-state index contributed by atoms with van der Waals surface area (Å²) >= 11 is 6.13. The molecular weight excluding hydrogens is 616 g/mol. The topological polar surface area (TPSA) is 157 Å². The van der Waals surface area contributed by atoms with E-state index in [4.69, 9.17) is 27.1 Å². The largest absolute Gasteiger partial charge is 0.469 e. The summed E-state index contributed by atoms with van der Waals surface area (Å²) in [6, 6.07) is 5.10. The second kappa shape index (κ2) is 14.1. The normalized spacial score (nSPS) is 15.5. The number of phosphoric ester groups is 1. The average Bonchev–Trinajstić information content (AvgIpc) is 2.89. The minimum atomic E-state index is -4.92. The van der Waals surface area contributed by atoms with Crippen molar-refractivity contribution in [2.24, 2.45) is 5.73 Å². The van der Waals surface area contributed by atoms with Gasteiger partial charge in [-0.3, -0.25) is 24.3 Å². The number of piperazine rings is 1. The molecule has 11 nitrogen and oxygen atoms in total. The number of nitrogens with zero attached hydrogens (tertiary/aromatic N) is 2. The molecule has 2 amide bonds. The Morgan fingerprint density at radius 3 is 2.36 bits per heavy atom. The van der Waals surface area contributed by atoms with Gasteiger partial charge in [0.25, 0.3) is 5.91 Å². The molecule has 1 aliphatic heterocycles. The summed E-state index contributed by atoms with van der Waals surface area (Å²) < 4.78 is 82.5. The van der Waals surface area contributed by atoms with Gasteiger partial charge in [-0.05, 0) is 24.3 Å². The molecule has 1 unspecified atom stereocenters. The number of primary amides is 1. The van der Waals surface area contributed by atoms with Crippen LogP contribution in [0.5, 0.6) is 0 Å². The van der Waals surface area contributed by atoms with Gasteiger partial charge in [0.1, 0.15) is 6.04 Å². The predicted molar refractivity (Wildman–Crippen MR) is 143 cm³/mol. The Morgan fingerprint density at radius 2 is 1.76 bits per heavy atom. The first kappa shape index (κ1) is 33.6. The number of nitrogens with one attached hydrogen (secondary N) is 2. The summed E-state index contributed by atoms with van der Waals surface area (Å²) in [5.41, 5.74) is 4.83. The van der Waals surface area contributed by atoms with Crippen molar-refractivity contribution >= 4 is 42.6 Å². The molecule has 0 bridgehead atoms. The van der Waals surface area contributed by atoms with Crippen LogP contribution in [-0.2, 0) is 20.4 Å². The van der Waals surface area contributed by atoms with Gasteiger partial charge in [-0.15, -0.1) is 0 Å². The molecule has 2 aromatic rings. The van der Waals surface area contributed by atoms with Crippen LogP contribution in [0.1, 0.15) is 22.3 Å². The summed E-state index contributed by atoms with van der Waals surface area (Å²) in [6.07, 6.45) is -5.20. The SMILES string of the molecule is NC(=O)C(COP(=O)(O)O)NCc1ccc(C(=O)Nc2ccc(Cl)cc2N2CCN(CCC(F)(F)F)CC2)c(F)c1F. The smallest absolute Gasteiger partial charge is 0.368 e. The van der Waals surface area contributed by atoms with Gasteiger partial charge in [0.2, 0.25) is 5.91 Å². The molecule has 0 radical (unpaired) electrons. The Labute approximate surface area is 242 Å². The number of nitrogens with two attached hydrogens (primary N) is 1. The Morgan fingerprint density at radius 1 is 1.10 bits per heavy atom. The van der Waals surface area contributed by atoms with Crippen molar-refractivity contribution in [1.29, 1.82) is 0 Å². The molecule has 1 aliphatic rings. The maximum absolute atomic E-state index is 14.9. The van der Waals surface area contributed by atoms with Crippen LogP contribution >= 0.6 is 19.4 Å². The maximum atomic E-state index is 14.9. The number of carbonyl (C=O) groups excluding carboxylic acids is 2. The number of alkyl halides is 3. The average molecular weight is 644 g/mol. The highest BCUT2D eigenvalue weighted by molar-refractivity contribution is 7.46. The fourth-order valence-corrected chi connectivity index (χ4v) is 4.62. The number of amides is 2. The predicted octanol–water partition coefficient (Wildman–Crippen LogP) is 3.00. The molecule has 0 saturated carbocycles. The lowest BCUT2D eigenvalue weighted by molar-refractivity contribution is -0.138. The summed E-state index contributed by atoms with van der Waals surface area (Å²) in [5.74, 6) is -4.98. The third-order valence-electron chi connectivity index (χ3n) is 6.33. The monoisotopic (exact) mass is 643 g/mol. The van der Waals surface area contributed by atoms with E-state index in [9.17, 15) is 36.1 Å². The molecule has 232 valence electrons. The lowest BCUT2D eigenvalue weighted by atomic mass is 10.1. The molecule has 1 fully saturated rings. The Balaban J connectivity index is 1.69. The van der Waals surface area contributed by atoms with Crippen LogP contribution in [0.15, 0.2) is 30.3 Å². The van der Waals surface area contributed by atoms with Crippen LogP contribution in [0.2, 0.25) is 5.02 Å². The molecule has 1 heterocycles. The van der Waals surface area contributed by atoms with Gasteiger partial charge in [-0.25, -0.2) is 13.3 Å². The van der Waals surface area contributed by atoms with E-state index in [0.29, 0.717) is 36.9 Å². The second-order valence-electron chi connectivity index (χ2n) is 9.33. The van der Waals surface area contributed by atoms with E-state index in [1.54, 1.807) is 11.0 Å². The van der Waals surface area contributed by atoms with Gasteiger partial charge in [-0.2, -0.15) is 13.2 Å². The van der Waals surface area contributed by atoms with E-state index in [0.717, 1.165) is 12.1 Å². The van der Waals surface area contributed by atoms with E-state index in [2.05, 4.69) is 15.2 Å². The maximum Gasteiger partial charge on any atom is 0.469 e. The molecular formula is C24H28ClF5N5O6P. The highest BCUT2D eigenvalue weighted by Gasteiger charge is 2.29. The van der Waals surface area contributed by atoms with E-state index in [1.807, 2.05) is 4.90 Å². The minimum Gasteiger partial charge on any atom is -0.368 e. The summed E-state index contributed by atoms with van der Waals surface area (Å²) in [4.78, 5) is 45.5. The molecule has 3 rings (SSSR count). The number of anilines is 2. The molecule has 0 aliphatic carbocycles. The van der Waals surface area contributed by atoms with E-state index in [-0.39, 0.29) is 17.8 Å². The fraction of sp³-hybridized carbons (Fsp3) is 0.417. The van der Waals surface area contributed by atoms with Gasteiger partial charge < -0.3 is 25.7 Å². The number of phosphoric acid groups is 1. The number of carbonyl (C=O) groups is 2. The number of halogens is 6. The summed E-state index contributed by atoms with van der Waals surface area (Å²) in [5, 5.41) is 5.24. The fourth-order valence-electron chi connectivity index (χ4n) is 4.11. The third-order valence-corrected chi connectivity index (χ3v) is 7.05.